The summed E-state index contributed by atoms with van der Waals surface area (Å²) >= 11 is 0. The normalized spacial score (nSPS) is 16.5. The molecule has 0 atom stereocenters. The standard InChI is InChI=1S/C42H44Si2.2Li/c1-7-15-37-39(33-17-11-9-12-18-33)29-43(3,4)41(37)35-25-21-31(22-26-35)32-23-27-36(28-24-32)42-38(16-8-2)40(30-44(42,5)6)34-19-13-10-14-20-34;;/h9-14,17-28H,7-8,15-16H2,1-6H3;;/q-2;2*+1. The van der Waals surface area contributed by atoms with Gasteiger partial charge in [0.05, 0.1) is 0 Å². The summed E-state index contributed by atoms with van der Waals surface area (Å²) in [5.41, 5.74) is 21.6. The molecule has 0 aliphatic carbocycles. The zero-order chi connectivity index (χ0) is 30.9. The molecule has 0 bridgehead atoms. The Hall–Kier alpha value is -2.53. The summed E-state index contributed by atoms with van der Waals surface area (Å²) in [4.78, 5) is 0. The van der Waals surface area contributed by atoms with Crippen molar-refractivity contribution in [1.29, 1.82) is 0 Å². The van der Waals surface area contributed by atoms with Crippen LogP contribution in [0.3, 0.4) is 0 Å². The van der Waals surface area contributed by atoms with Crippen LogP contribution in [0.2, 0.25) is 26.2 Å². The summed E-state index contributed by atoms with van der Waals surface area (Å²) in [6.07, 6.45) is 4.48. The van der Waals surface area contributed by atoms with Crippen LogP contribution in [0.25, 0.3) is 32.7 Å². The van der Waals surface area contributed by atoms with Crippen LogP contribution in [0.4, 0.5) is 0 Å². The second kappa shape index (κ2) is 15.1. The van der Waals surface area contributed by atoms with Crippen molar-refractivity contribution in [3.05, 3.63) is 154 Å². The first kappa shape index (κ1) is 36.3. The molecule has 0 aromatic heterocycles. The molecule has 2 aliphatic heterocycles. The van der Waals surface area contributed by atoms with Gasteiger partial charge in [-0.05, 0) is 22.3 Å². The number of allylic oxidation sites excluding steroid dienone is 4. The summed E-state index contributed by atoms with van der Waals surface area (Å²) in [6.45, 7) is 14.4. The molecule has 0 unspecified atom stereocenters. The third kappa shape index (κ3) is 7.15. The smallest absolute Gasteiger partial charge is 0.202 e. The SMILES string of the molecule is CCCC1=C(c2ccc(-c3ccc(C4=C(CCC)C(c5ccccc5)=[C-][Si]4(C)C)cc3)cc2)[Si](C)(C)[C-]=C1c1ccccc1.[Li+].[Li+]. The predicted molar refractivity (Wildman–Crippen MR) is 197 cm³/mol. The van der Waals surface area contributed by atoms with E-state index in [4.69, 9.17) is 0 Å². The van der Waals surface area contributed by atoms with E-state index >= 15 is 0 Å². The molecule has 2 heterocycles. The van der Waals surface area contributed by atoms with E-state index in [0.29, 0.717) is 0 Å². The number of benzene rings is 4. The van der Waals surface area contributed by atoms with Crippen molar-refractivity contribution in [2.75, 3.05) is 0 Å². The maximum absolute atomic E-state index is 4.02. The molecule has 222 valence electrons. The summed E-state index contributed by atoms with van der Waals surface area (Å²) in [5, 5.41) is 3.11. The van der Waals surface area contributed by atoms with Gasteiger partial charge in [0.1, 0.15) is 0 Å². The van der Waals surface area contributed by atoms with Gasteiger partial charge in [0, 0.05) is 16.1 Å². The minimum atomic E-state index is -1.85. The van der Waals surface area contributed by atoms with E-state index in [9.17, 15) is 0 Å². The second-order valence-corrected chi connectivity index (χ2v) is 21.3. The molecule has 6 rings (SSSR count). The molecule has 4 heteroatoms. The molecule has 0 spiro atoms. The average Bonchev–Trinajstić information content (AvgIpc) is 3.46. The van der Waals surface area contributed by atoms with Crippen LogP contribution < -0.4 is 37.7 Å². The predicted octanol–water partition coefficient (Wildman–Crippen LogP) is 5.84. The van der Waals surface area contributed by atoms with Crippen molar-refractivity contribution in [2.24, 2.45) is 0 Å². The molecule has 0 amide bonds. The minimum absolute atomic E-state index is 0. The summed E-state index contributed by atoms with van der Waals surface area (Å²) < 4.78 is 0. The molecule has 0 saturated heterocycles. The van der Waals surface area contributed by atoms with Crippen molar-refractivity contribution < 1.29 is 37.7 Å². The largest absolute Gasteiger partial charge is 1.00 e. The van der Waals surface area contributed by atoms with Crippen LogP contribution in [-0.4, -0.2) is 16.1 Å². The Morgan fingerprint density at radius 3 is 1.02 bits per heavy atom. The molecular weight excluding hydrogens is 575 g/mol. The Morgan fingerprint density at radius 1 is 0.413 bits per heavy atom. The summed E-state index contributed by atoms with van der Waals surface area (Å²) in [5.74, 6) is 0. The molecule has 0 fully saturated rings. The van der Waals surface area contributed by atoms with Gasteiger partial charge in [-0.15, -0.1) is 56.9 Å². The number of rotatable bonds is 9. The van der Waals surface area contributed by atoms with Crippen molar-refractivity contribution in [3.63, 3.8) is 0 Å². The van der Waals surface area contributed by atoms with E-state index in [1.807, 2.05) is 0 Å². The van der Waals surface area contributed by atoms with Gasteiger partial charge in [0.25, 0.3) is 0 Å². The van der Waals surface area contributed by atoms with E-state index in [1.54, 1.807) is 10.4 Å². The monoisotopic (exact) mass is 618 g/mol. The van der Waals surface area contributed by atoms with Crippen molar-refractivity contribution >= 4 is 37.7 Å². The molecule has 0 nitrogen and oxygen atoms in total. The van der Waals surface area contributed by atoms with Gasteiger partial charge in [-0.1, -0.05) is 151 Å². The first-order valence-corrected chi connectivity index (χ1v) is 22.3. The molecule has 0 N–H and O–H groups in total. The van der Waals surface area contributed by atoms with Crippen molar-refractivity contribution in [1.82, 2.24) is 0 Å². The third-order valence-electron chi connectivity index (χ3n) is 9.14. The Labute approximate surface area is 304 Å². The minimum Gasteiger partial charge on any atom is -0.202 e. The van der Waals surface area contributed by atoms with E-state index in [-0.39, 0.29) is 37.7 Å². The van der Waals surface area contributed by atoms with Crippen LogP contribution in [0, 0.1) is 11.4 Å². The van der Waals surface area contributed by atoms with Gasteiger partial charge in [0.2, 0.25) is 0 Å². The Morgan fingerprint density at radius 2 is 0.717 bits per heavy atom. The van der Waals surface area contributed by atoms with Crippen LogP contribution in [-0.2, 0) is 0 Å². The van der Waals surface area contributed by atoms with E-state index in [1.165, 1.54) is 55.7 Å². The summed E-state index contributed by atoms with van der Waals surface area (Å²) in [6, 6.07) is 40.5. The fraction of sp³-hybridized carbons (Fsp3) is 0.238. The second-order valence-electron chi connectivity index (χ2n) is 13.3. The molecular formula is C42H44Li2Si2. The number of hydrogen-bond donors (Lipinski definition) is 0. The van der Waals surface area contributed by atoms with Crippen LogP contribution in [0.5, 0.6) is 0 Å². The quantitative estimate of drug-likeness (QED) is 0.163. The van der Waals surface area contributed by atoms with Gasteiger partial charge in [-0.3, -0.25) is 0 Å². The van der Waals surface area contributed by atoms with Gasteiger partial charge < -0.3 is 0 Å². The first-order chi connectivity index (χ1) is 21.2. The molecule has 2 aliphatic rings. The van der Waals surface area contributed by atoms with Crippen molar-refractivity contribution in [2.45, 2.75) is 65.7 Å². The molecule has 0 radical (unpaired) electrons. The molecule has 46 heavy (non-hydrogen) atoms. The zero-order valence-corrected chi connectivity index (χ0v) is 31.2. The first-order valence-electron chi connectivity index (χ1n) is 16.3. The maximum Gasteiger partial charge on any atom is 1.00 e. The molecule has 0 saturated carbocycles. The van der Waals surface area contributed by atoms with E-state index in [0.717, 1.165) is 25.7 Å². The van der Waals surface area contributed by atoms with Gasteiger partial charge >= 0.3 is 37.7 Å². The maximum atomic E-state index is 4.02. The van der Waals surface area contributed by atoms with Gasteiger partial charge in [-0.2, -0.15) is 11.1 Å². The van der Waals surface area contributed by atoms with E-state index < -0.39 is 16.1 Å². The summed E-state index contributed by atoms with van der Waals surface area (Å²) in [7, 11) is -3.70. The zero-order valence-electron chi connectivity index (χ0n) is 29.2. The van der Waals surface area contributed by atoms with Crippen LogP contribution in [0.15, 0.2) is 120 Å². The fourth-order valence-electron chi connectivity index (χ4n) is 7.34. The molecule has 4 aromatic rings. The van der Waals surface area contributed by atoms with Crippen LogP contribution >= 0.6 is 0 Å². The van der Waals surface area contributed by atoms with Crippen LogP contribution in [0.1, 0.15) is 61.8 Å². The third-order valence-corrected chi connectivity index (χ3v) is 14.6. The number of hydrogen-bond acceptors (Lipinski definition) is 0. The van der Waals surface area contributed by atoms with Crippen molar-refractivity contribution in [3.8, 4) is 11.1 Å². The Balaban J connectivity index is 0.00000240. The fourth-order valence-corrected chi connectivity index (χ4v) is 13.2. The van der Waals surface area contributed by atoms with Gasteiger partial charge in [-0.25, -0.2) is 11.4 Å². The molecule has 4 aromatic carbocycles. The average molecular weight is 619 g/mol. The van der Waals surface area contributed by atoms with Gasteiger partial charge in [0.15, 0.2) is 0 Å². The Kier molecular flexibility index (Phi) is 11.9. The Bertz CT molecular complexity index is 1640. The topological polar surface area (TPSA) is 0 Å². The van der Waals surface area contributed by atoms with E-state index in [2.05, 4.69) is 161 Å².